The van der Waals surface area contributed by atoms with E-state index >= 15 is 0 Å². The predicted molar refractivity (Wildman–Crippen MR) is 242 cm³/mol. The highest BCUT2D eigenvalue weighted by atomic mass is 16.5. The zero-order valence-electron chi connectivity index (χ0n) is 32.5. The van der Waals surface area contributed by atoms with E-state index in [4.69, 9.17) is 19.7 Å². The van der Waals surface area contributed by atoms with Crippen LogP contribution >= 0.6 is 0 Å². The van der Waals surface area contributed by atoms with Crippen molar-refractivity contribution in [2.45, 2.75) is 5.41 Å². The van der Waals surface area contributed by atoms with Crippen LogP contribution in [-0.4, -0.2) is 15.0 Å². The van der Waals surface area contributed by atoms with Gasteiger partial charge in [0.05, 0.1) is 22.5 Å². The van der Waals surface area contributed by atoms with Gasteiger partial charge in [0, 0.05) is 45.0 Å². The molecule has 0 N–H and O–H groups in total. The van der Waals surface area contributed by atoms with E-state index in [1.165, 1.54) is 27.6 Å². The number of benzene rings is 8. The summed E-state index contributed by atoms with van der Waals surface area (Å²) in [5.74, 6) is 2.26. The Bertz CT molecular complexity index is 3180. The first kappa shape index (κ1) is 34.1. The quantitative estimate of drug-likeness (QED) is 0.175. The molecule has 0 atom stereocenters. The normalized spacial score (nSPS) is 12.9. The van der Waals surface area contributed by atoms with Crippen LogP contribution in [0.3, 0.4) is 0 Å². The number of nitrogens with zero attached hydrogens (tertiary/aromatic N) is 3. The molecule has 280 valence electrons. The van der Waals surface area contributed by atoms with Gasteiger partial charge in [-0.2, -0.15) is 0 Å². The van der Waals surface area contributed by atoms with Gasteiger partial charge < -0.3 is 4.74 Å². The third-order valence-corrected chi connectivity index (χ3v) is 12.2. The summed E-state index contributed by atoms with van der Waals surface area (Å²) >= 11 is 0. The van der Waals surface area contributed by atoms with Gasteiger partial charge in [-0.15, -0.1) is 0 Å². The fourth-order valence-electron chi connectivity index (χ4n) is 9.49. The molecule has 0 saturated carbocycles. The van der Waals surface area contributed by atoms with Gasteiger partial charge in [0.15, 0.2) is 5.82 Å². The molecule has 2 aliphatic rings. The Morgan fingerprint density at radius 1 is 0.367 bits per heavy atom. The third-order valence-electron chi connectivity index (χ3n) is 12.2. The largest absolute Gasteiger partial charge is 0.457 e. The molecule has 12 rings (SSSR count). The van der Waals surface area contributed by atoms with E-state index in [1.807, 2.05) is 42.6 Å². The molecule has 0 radical (unpaired) electrons. The van der Waals surface area contributed by atoms with Crippen LogP contribution in [0.4, 0.5) is 0 Å². The third kappa shape index (κ3) is 5.28. The van der Waals surface area contributed by atoms with Gasteiger partial charge in [0.25, 0.3) is 0 Å². The molecule has 0 unspecified atom stereocenters. The molecule has 1 spiro atoms. The van der Waals surface area contributed by atoms with Gasteiger partial charge in [-0.25, -0.2) is 9.97 Å². The van der Waals surface area contributed by atoms with Crippen molar-refractivity contribution in [2.75, 3.05) is 0 Å². The first-order valence-electron chi connectivity index (χ1n) is 20.3. The van der Waals surface area contributed by atoms with E-state index in [9.17, 15) is 0 Å². The van der Waals surface area contributed by atoms with E-state index in [0.717, 1.165) is 78.5 Å². The van der Waals surface area contributed by atoms with Crippen molar-refractivity contribution in [3.63, 3.8) is 0 Å². The van der Waals surface area contributed by atoms with E-state index in [-0.39, 0.29) is 0 Å². The van der Waals surface area contributed by atoms with Crippen molar-refractivity contribution in [2.24, 2.45) is 0 Å². The van der Waals surface area contributed by atoms with Crippen LogP contribution in [0.2, 0.25) is 0 Å². The van der Waals surface area contributed by atoms with Crippen LogP contribution < -0.4 is 4.74 Å². The Morgan fingerprint density at radius 2 is 0.883 bits per heavy atom. The average Bonchev–Trinajstić information content (AvgIpc) is 3.62. The molecule has 4 heteroatoms. The molecule has 60 heavy (non-hydrogen) atoms. The second kappa shape index (κ2) is 13.6. The number of hydrogen-bond donors (Lipinski definition) is 0. The summed E-state index contributed by atoms with van der Waals surface area (Å²) in [5.41, 5.74) is 15.5. The van der Waals surface area contributed by atoms with Gasteiger partial charge in [-0.1, -0.05) is 182 Å². The van der Waals surface area contributed by atoms with Gasteiger partial charge >= 0.3 is 0 Å². The smallest absolute Gasteiger partial charge is 0.160 e. The lowest BCUT2D eigenvalue weighted by Crippen LogP contribution is -2.32. The predicted octanol–water partition coefficient (Wildman–Crippen LogP) is 13.8. The summed E-state index contributed by atoms with van der Waals surface area (Å²) < 4.78 is 7.12. The standard InChI is InChI=1S/C56H35N3O/c1-3-14-38(15-4-1)50-35-51(39-16-5-2-6-17-39)59-55(58-50)42-28-30-49-53(34-42)60-52-33-41(36-23-25-40(26-24-36)54-43-18-8-7-13-37(43)31-32-57-54)27-29-48(52)56(49)46-21-11-9-19-44(46)45-20-10-12-22-47(45)56/h1-35H. The molecule has 8 aromatic carbocycles. The number of pyridine rings is 1. The zero-order chi connectivity index (χ0) is 39.6. The van der Waals surface area contributed by atoms with E-state index in [0.29, 0.717) is 5.82 Å². The summed E-state index contributed by atoms with van der Waals surface area (Å²) in [6, 6.07) is 72.8. The summed E-state index contributed by atoms with van der Waals surface area (Å²) in [6.45, 7) is 0. The second-order valence-electron chi connectivity index (χ2n) is 15.5. The maximum Gasteiger partial charge on any atom is 0.160 e. The highest BCUT2D eigenvalue weighted by Crippen LogP contribution is 2.62. The fourth-order valence-corrected chi connectivity index (χ4v) is 9.49. The topological polar surface area (TPSA) is 47.9 Å². The number of fused-ring (bicyclic) bond motifs is 10. The first-order chi connectivity index (χ1) is 29.7. The van der Waals surface area contributed by atoms with Crippen molar-refractivity contribution in [1.29, 1.82) is 0 Å². The molecule has 10 aromatic rings. The molecule has 1 aliphatic carbocycles. The van der Waals surface area contributed by atoms with Crippen molar-refractivity contribution in [1.82, 2.24) is 15.0 Å². The Kier molecular flexibility index (Phi) is 7.72. The Hall–Kier alpha value is -7.95. The molecule has 0 bridgehead atoms. The fraction of sp³-hybridized carbons (Fsp3) is 0.0179. The molecule has 0 fully saturated rings. The molecule has 0 saturated heterocycles. The Labute approximate surface area is 348 Å². The number of rotatable bonds is 5. The molecule has 4 nitrogen and oxygen atoms in total. The van der Waals surface area contributed by atoms with Crippen LogP contribution in [0.15, 0.2) is 212 Å². The van der Waals surface area contributed by atoms with E-state index in [2.05, 4.69) is 170 Å². The Morgan fingerprint density at radius 3 is 1.53 bits per heavy atom. The van der Waals surface area contributed by atoms with E-state index in [1.54, 1.807) is 0 Å². The molecular formula is C56H35N3O. The Balaban J connectivity index is 1.03. The maximum absolute atomic E-state index is 7.12. The van der Waals surface area contributed by atoms with Crippen LogP contribution in [0.1, 0.15) is 22.3 Å². The van der Waals surface area contributed by atoms with Crippen molar-refractivity contribution in [3.8, 4) is 78.9 Å². The lowest BCUT2D eigenvalue weighted by Gasteiger charge is -2.39. The summed E-state index contributed by atoms with van der Waals surface area (Å²) in [5, 5.41) is 2.32. The van der Waals surface area contributed by atoms with Gasteiger partial charge in [-0.05, 0) is 63.0 Å². The first-order valence-corrected chi connectivity index (χ1v) is 20.3. The van der Waals surface area contributed by atoms with Crippen molar-refractivity contribution in [3.05, 3.63) is 235 Å². The van der Waals surface area contributed by atoms with Gasteiger partial charge in [-0.3, -0.25) is 4.98 Å². The molecular weight excluding hydrogens is 731 g/mol. The SMILES string of the molecule is c1ccc(-c2cc(-c3ccccc3)nc(-c3ccc4c(c3)Oc3cc(-c5ccc(-c6nccc7ccccc67)cc5)ccc3C43c4ccccc4-c4ccccc43)n2)cc1. The average molecular weight is 766 g/mol. The highest BCUT2D eigenvalue weighted by Gasteiger charge is 2.51. The zero-order valence-corrected chi connectivity index (χ0v) is 32.5. The lowest BCUT2D eigenvalue weighted by atomic mass is 9.66. The number of hydrogen-bond acceptors (Lipinski definition) is 4. The highest BCUT2D eigenvalue weighted by molar-refractivity contribution is 5.95. The lowest BCUT2D eigenvalue weighted by molar-refractivity contribution is 0.437. The summed E-state index contributed by atoms with van der Waals surface area (Å²) in [4.78, 5) is 15.1. The molecule has 0 amide bonds. The van der Waals surface area contributed by atoms with Crippen LogP contribution in [0.25, 0.3) is 78.2 Å². The molecule has 2 aromatic heterocycles. The summed E-state index contributed by atoms with van der Waals surface area (Å²) in [7, 11) is 0. The summed E-state index contributed by atoms with van der Waals surface area (Å²) in [6.07, 6.45) is 1.89. The van der Waals surface area contributed by atoms with E-state index < -0.39 is 5.41 Å². The molecule has 3 heterocycles. The second-order valence-corrected chi connectivity index (χ2v) is 15.5. The van der Waals surface area contributed by atoms with Crippen LogP contribution in [-0.2, 0) is 5.41 Å². The number of ether oxygens (including phenoxy) is 1. The minimum Gasteiger partial charge on any atom is -0.457 e. The number of aromatic nitrogens is 3. The van der Waals surface area contributed by atoms with Crippen LogP contribution in [0.5, 0.6) is 11.5 Å². The monoisotopic (exact) mass is 765 g/mol. The van der Waals surface area contributed by atoms with Gasteiger partial charge in [0.2, 0.25) is 0 Å². The minimum absolute atomic E-state index is 0.598. The van der Waals surface area contributed by atoms with Gasteiger partial charge in [0.1, 0.15) is 11.5 Å². The maximum atomic E-state index is 7.12. The minimum atomic E-state index is -0.598. The van der Waals surface area contributed by atoms with Crippen molar-refractivity contribution >= 4 is 10.8 Å². The van der Waals surface area contributed by atoms with Crippen LogP contribution in [0, 0.1) is 0 Å². The van der Waals surface area contributed by atoms with Crippen molar-refractivity contribution < 1.29 is 4.74 Å². The molecule has 1 aliphatic heterocycles.